The van der Waals surface area contributed by atoms with Crippen LogP contribution in [0.5, 0.6) is 5.75 Å². The molecule has 1 aromatic heterocycles. The summed E-state index contributed by atoms with van der Waals surface area (Å²) >= 11 is 5.94. The molecular formula is C20H24ClN5O. The maximum Gasteiger partial charge on any atom is 0.211 e. The van der Waals surface area contributed by atoms with Gasteiger partial charge in [0.05, 0.1) is 6.61 Å². The Morgan fingerprint density at radius 3 is 2.70 bits per heavy atom. The molecule has 27 heavy (non-hydrogen) atoms. The molecule has 142 valence electrons. The zero-order valence-corrected chi connectivity index (χ0v) is 16.2. The lowest BCUT2D eigenvalue weighted by atomic mass is 10.2. The number of unbranched alkanes of at least 4 members (excludes halogenated alkanes) is 3. The average Bonchev–Trinajstić information content (AvgIpc) is 2.66. The summed E-state index contributed by atoms with van der Waals surface area (Å²) in [6, 6.07) is 9.29. The van der Waals surface area contributed by atoms with E-state index >= 15 is 0 Å². The highest BCUT2D eigenvalue weighted by molar-refractivity contribution is 6.30. The summed E-state index contributed by atoms with van der Waals surface area (Å²) in [6.45, 7) is 3.43. The number of pyridine rings is 1. The van der Waals surface area contributed by atoms with Crippen LogP contribution in [-0.4, -0.2) is 24.1 Å². The van der Waals surface area contributed by atoms with Gasteiger partial charge in [0, 0.05) is 29.6 Å². The molecule has 0 unspecified atom stereocenters. The summed E-state index contributed by atoms with van der Waals surface area (Å²) in [7, 11) is 0. The van der Waals surface area contributed by atoms with Gasteiger partial charge in [-0.1, -0.05) is 24.4 Å². The number of nitrogens with one attached hydrogen (secondary N) is 2. The van der Waals surface area contributed by atoms with Crippen LogP contribution in [0, 0.1) is 18.4 Å². The molecule has 0 atom stereocenters. The fourth-order valence-corrected chi connectivity index (χ4v) is 2.70. The number of ether oxygens (including phenoxy) is 1. The van der Waals surface area contributed by atoms with E-state index in [-0.39, 0.29) is 0 Å². The summed E-state index contributed by atoms with van der Waals surface area (Å²) < 4.78 is 5.79. The van der Waals surface area contributed by atoms with Crippen molar-refractivity contribution in [3.05, 3.63) is 53.3 Å². The molecule has 1 heterocycles. The predicted octanol–water partition coefficient (Wildman–Crippen LogP) is 4.52. The van der Waals surface area contributed by atoms with Crippen molar-refractivity contribution in [3.8, 4) is 11.9 Å². The molecule has 0 radical (unpaired) electrons. The minimum Gasteiger partial charge on any atom is -0.493 e. The smallest absolute Gasteiger partial charge is 0.211 e. The SMILES string of the molecule is Cc1cc(Cl)ccc1OCCCCCCN/C(=N\C#N)Nc1ccncc1. The number of guanidine groups is 1. The van der Waals surface area contributed by atoms with E-state index in [0.29, 0.717) is 12.6 Å². The Labute approximate surface area is 165 Å². The number of anilines is 1. The number of rotatable bonds is 9. The lowest BCUT2D eigenvalue weighted by molar-refractivity contribution is 0.303. The molecule has 0 bridgehead atoms. The highest BCUT2D eigenvalue weighted by Gasteiger charge is 2.01. The van der Waals surface area contributed by atoms with Gasteiger partial charge in [-0.15, -0.1) is 4.99 Å². The van der Waals surface area contributed by atoms with Gasteiger partial charge in [-0.2, -0.15) is 5.26 Å². The number of nitrogens with zero attached hydrogens (tertiary/aromatic N) is 3. The highest BCUT2D eigenvalue weighted by Crippen LogP contribution is 2.22. The first-order chi connectivity index (χ1) is 13.2. The van der Waals surface area contributed by atoms with Crippen molar-refractivity contribution in [2.75, 3.05) is 18.5 Å². The van der Waals surface area contributed by atoms with Crippen molar-refractivity contribution in [1.82, 2.24) is 10.3 Å². The standard InChI is InChI=1S/C20H24ClN5O/c1-16-14-17(21)6-7-19(16)27-13-5-3-2-4-10-24-20(25-15-22)26-18-8-11-23-12-9-18/h6-9,11-12,14H,2-5,10,13H2,1H3,(H2,23,24,25,26). The van der Waals surface area contributed by atoms with E-state index in [4.69, 9.17) is 21.6 Å². The maximum atomic E-state index is 8.79. The third-order valence-corrected chi connectivity index (χ3v) is 4.10. The molecule has 6 nitrogen and oxygen atoms in total. The molecule has 2 rings (SSSR count). The van der Waals surface area contributed by atoms with Crippen LogP contribution in [0.3, 0.4) is 0 Å². The molecule has 1 aromatic carbocycles. The molecule has 7 heteroatoms. The van der Waals surface area contributed by atoms with Crippen LogP contribution >= 0.6 is 11.6 Å². The Morgan fingerprint density at radius 2 is 1.96 bits per heavy atom. The molecule has 0 aliphatic carbocycles. The summed E-state index contributed by atoms with van der Waals surface area (Å²) in [5, 5.41) is 15.7. The van der Waals surface area contributed by atoms with Gasteiger partial charge in [0.15, 0.2) is 0 Å². The molecule has 0 fully saturated rings. The maximum absolute atomic E-state index is 8.79. The first kappa shape index (κ1) is 20.5. The minimum absolute atomic E-state index is 0.449. The number of hydrogen-bond donors (Lipinski definition) is 2. The van der Waals surface area contributed by atoms with E-state index in [2.05, 4.69) is 20.6 Å². The summed E-state index contributed by atoms with van der Waals surface area (Å²) in [5.41, 5.74) is 1.89. The predicted molar refractivity (Wildman–Crippen MR) is 109 cm³/mol. The van der Waals surface area contributed by atoms with Crippen molar-refractivity contribution in [3.63, 3.8) is 0 Å². The van der Waals surface area contributed by atoms with Crippen LogP contribution in [-0.2, 0) is 0 Å². The second kappa shape index (κ2) is 11.8. The Bertz CT molecular complexity index is 774. The quantitative estimate of drug-likeness (QED) is 0.287. The average molecular weight is 386 g/mol. The zero-order valence-electron chi connectivity index (χ0n) is 15.4. The van der Waals surface area contributed by atoms with E-state index in [9.17, 15) is 0 Å². The van der Waals surface area contributed by atoms with E-state index in [1.807, 2.05) is 37.3 Å². The molecule has 0 saturated carbocycles. The number of aryl methyl sites for hydroxylation is 1. The summed E-state index contributed by atoms with van der Waals surface area (Å²) in [6.07, 6.45) is 9.30. The zero-order chi connectivity index (χ0) is 19.3. The van der Waals surface area contributed by atoms with Crippen molar-refractivity contribution in [1.29, 1.82) is 5.26 Å². The van der Waals surface area contributed by atoms with Crippen LogP contribution in [0.25, 0.3) is 0 Å². The van der Waals surface area contributed by atoms with E-state index in [1.54, 1.807) is 18.6 Å². The van der Waals surface area contributed by atoms with Gasteiger partial charge in [0.25, 0.3) is 0 Å². The molecule has 2 N–H and O–H groups in total. The second-order valence-corrected chi connectivity index (χ2v) is 6.46. The number of aromatic nitrogens is 1. The Kier molecular flexibility index (Phi) is 8.94. The van der Waals surface area contributed by atoms with Crippen LogP contribution in [0.15, 0.2) is 47.7 Å². The van der Waals surface area contributed by atoms with E-state index < -0.39 is 0 Å². The molecule has 0 saturated heterocycles. The molecule has 2 aromatic rings. The van der Waals surface area contributed by atoms with Gasteiger partial charge >= 0.3 is 0 Å². The lowest BCUT2D eigenvalue weighted by Gasteiger charge is -2.11. The molecule has 0 amide bonds. The Hall–Kier alpha value is -2.78. The van der Waals surface area contributed by atoms with Gasteiger partial charge in [-0.25, -0.2) is 0 Å². The van der Waals surface area contributed by atoms with Gasteiger partial charge in [-0.3, -0.25) is 4.98 Å². The fourth-order valence-electron chi connectivity index (χ4n) is 2.48. The normalized spacial score (nSPS) is 10.9. The van der Waals surface area contributed by atoms with Crippen molar-refractivity contribution < 1.29 is 4.74 Å². The minimum atomic E-state index is 0.449. The number of hydrogen-bond acceptors (Lipinski definition) is 4. The van der Waals surface area contributed by atoms with Crippen molar-refractivity contribution >= 4 is 23.2 Å². The summed E-state index contributed by atoms with van der Waals surface area (Å²) in [4.78, 5) is 7.72. The van der Waals surface area contributed by atoms with Gasteiger partial charge in [0.1, 0.15) is 5.75 Å². The monoisotopic (exact) mass is 385 g/mol. The topological polar surface area (TPSA) is 82.3 Å². The number of halogens is 1. The molecular weight excluding hydrogens is 362 g/mol. The Morgan fingerprint density at radius 1 is 1.19 bits per heavy atom. The third kappa shape index (κ3) is 7.97. The fraction of sp³-hybridized carbons (Fsp3) is 0.350. The third-order valence-electron chi connectivity index (χ3n) is 3.86. The number of aliphatic imine (C=N–C) groups is 1. The number of benzene rings is 1. The first-order valence-electron chi connectivity index (χ1n) is 8.95. The van der Waals surface area contributed by atoms with Crippen LogP contribution < -0.4 is 15.4 Å². The van der Waals surface area contributed by atoms with E-state index in [0.717, 1.165) is 54.3 Å². The Balaban J connectivity index is 1.58. The first-order valence-corrected chi connectivity index (χ1v) is 9.33. The van der Waals surface area contributed by atoms with Crippen molar-refractivity contribution in [2.45, 2.75) is 32.6 Å². The second-order valence-electron chi connectivity index (χ2n) is 6.02. The van der Waals surface area contributed by atoms with Crippen LogP contribution in [0.4, 0.5) is 5.69 Å². The number of nitriles is 1. The largest absolute Gasteiger partial charge is 0.493 e. The molecule has 0 aliphatic rings. The molecule has 0 spiro atoms. The van der Waals surface area contributed by atoms with Gasteiger partial charge in [-0.05, 0) is 55.7 Å². The van der Waals surface area contributed by atoms with Crippen molar-refractivity contribution in [2.24, 2.45) is 4.99 Å². The van der Waals surface area contributed by atoms with Gasteiger partial charge in [0.2, 0.25) is 12.2 Å². The lowest BCUT2D eigenvalue weighted by Crippen LogP contribution is -2.31. The summed E-state index contributed by atoms with van der Waals surface area (Å²) in [5.74, 6) is 1.34. The molecule has 0 aliphatic heterocycles. The van der Waals surface area contributed by atoms with Crippen LogP contribution in [0.1, 0.15) is 31.2 Å². The van der Waals surface area contributed by atoms with Gasteiger partial charge < -0.3 is 15.4 Å². The van der Waals surface area contributed by atoms with Crippen LogP contribution in [0.2, 0.25) is 5.02 Å². The van der Waals surface area contributed by atoms with E-state index in [1.165, 1.54) is 0 Å². The highest BCUT2D eigenvalue weighted by atomic mass is 35.5.